The maximum absolute atomic E-state index is 11.0. The third-order valence-corrected chi connectivity index (χ3v) is 9.65. The van der Waals surface area contributed by atoms with Crippen LogP contribution in [0.5, 0.6) is 0 Å². The summed E-state index contributed by atoms with van der Waals surface area (Å²) < 4.78 is 0. The molecule has 0 bridgehead atoms. The molecule has 128 valence electrons. The Labute approximate surface area is 140 Å². The molecule has 3 heteroatoms. The van der Waals surface area contributed by atoms with Gasteiger partial charge in [-0.15, -0.1) is 0 Å². The molecule has 0 radical (unpaired) electrons. The predicted molar refractivity (Wildman–Crippen MR) is 89.9 cm³/mol. The van der Waals surface area contributed by atoms with Gasteiger partial charge in [0.25, 0.3) is 0 Å². The van der Waals surface area contributed by atoms with Crippen molar-refractivity contribution in [2.24, 2.45) is 44.7 Å². The molecule has 5 rings (SSSR count). The molecular weight excluding hydrogens is 284 g/mol. The molecular formula is C20H32N2O. The molecule has 4 fully saturated rings. The number of nitrogens with zero attached hydrogens (tertiary/aromatic N) is 2. The minimum atomic E-state index is -0.442. The van der Waals surface area contributed by atoms with Crippen molar-refractivity contribution in [3.63, 3.8) is 0 Å². The molecule has 1 N–H and O–H groups in total. The van der Waals surface area contributed by atoms with Crippen molar-refractivity contribution >= 4 is 0 Å². The van der Waals surface area contributed by atoms with E-state index < -0.39 is 5.60 Å². The minimum absolute atomic E-state index is 0.0667. The maximum Gasteiger partial charge on any atom is 0.191 e. The van der Waals surface area contributed by atoms with E-state index in [9.17, 15) is 5.11 Å². The summed E-state index contributed by atoms with van der Waals surface area (Å²) in [5, 5.41) is 19.8. The highest BCUT2D eigenvalue weighted by atomic mass is 16.3. The van der Waals surface area contributed by atoms with Crippen molar-refractivity contribution in [3.8, 4) is 0 Å². The van der Waals surface area contributed by atoms with Crippen LogP contribution in [0.15, 0.2) is 10.2 Å². The van der Waals surface area contributed by atoms with Crippen molar-refractivity contribution in [3.05, 3.63) is 0 Å². The molecule has 5 aliphatic rings. The molecule has 0 aromatic carbocycles. The molecule has 0 unspecified atom stereocenters. The van der Waals surface area contributed by atoms with Gasteiger partial charge >= 0.3 is 0 Å². The first-order valence-electron chi connectivity index (χ1n) is 9.96. The van der Waals surface area contributed by atoms with Gasteiger partial charge in [0.1, 0.15) is 0 Å². The Hall–Kier alpha value is -0.440. The summed E-state index contributed by atoms with van der Waals surface area (Å²) in [6, 6.07) is 0. The SMILES string of the molecule is C[C@]12CCC3(C[C@@H]1CC[C@@H]1[C@@H]2CC[C@@]2(C)[C@H]1CC[C@]2(C)O)N=N3. The minimum Gasteiger partial charge on any atom is -0.390 e. The predicted octanol–water partition coefficient (Wildman–Crippen LogP) is 4.94. The standard InChI is InChI=1S/C20H32N2O/c1-17-10-11-20(21-22-20)12-13(17)4-5-14-15(17)6-8-18(2)16(14)7-9-19(18,3)23/h13-16,23H,4-12H2,1-3H3/t13-,14+,15-,16-,17-,18-,19-/m0/s1. The Morgan fingerprint density at radius 2 is 1.57 bits per heavy atom. The first kappa shape index (κ1) is 14.9. The van der Waals surface area contributed by atoms with E-state index >= 15 is 0 Å². The van der Waals surface area contributed by atoms with E-state index in [1.165, 1.54) is 51.4 Å². The molecule has 4 aliphatic carbocycles. The van der Waals surface area contributed by atoms with Crippen LogP contribution in [0.3, 0.4) is 0 Å². The van der Waals surface area contributed by atoms with Crippen LogP contribution >= 0.6 is 0 Å². The zero-order valence-electron chi connectivity index (χ0n) is 15.0. The fraction of sp³-hybridized carbons (Fsp3) is 1.00. The van der Waals surface area contributed by atoms with E-state index in [4.69, 9.17) is 0 Å². The van der Waals surface area contributed by atoms with Gasteiger partial charge in [-0.1, -0.05) is 13.8 Å². The molecule has 0 aromatic rings. The zero-order chi connectivity index (χ0) is 16.1. The van der Waals surface area contributed by atoms with Crippen LogP contribution < -0.4 is 0 Å². The fourth-order valence-corrected chi connectivity index (χ4v) is 7.72. The van der Waals surface area contributed by atoms with Gasteiger partial charge in [-0.05, 0) is 99.2 Å². The van der Waals surface area contributed by atoms with Crippen LogP contribution in [0.25, 0.3) is 0 Å². The summed E-state index contributed by atoms with van der Waals surface area (Å²) >= 11 is 0. The van der Waals surface area contributed by atoms with E-state index in [1.807, 2.05) is 0 Å². The first-order valence-corrected chi connectivity index (χ1v) is 9.96. The molecule has 23 heavy (non-hydrogen) atoms. The molecule has 7 atom stereocenters. The summed E-state index contributed by atoms with van der Waals surface area (Å²) in [7, 11) is 0. The lowest BCUT2D eigenvalue weighted by atomic mass is 9.44. The quantitative estimate of drug-likeness (QED) is 0.675. The Balaban J connectivity index is 1.45. The number of hydrogen-bond donors (Lipinski definition) is 1. The second-order valence-corrected chi connectivity index (χ2v) is 10.3. The van der Waals surface area contributed by atoms with Gasteiger partial charge in [0.2, 0.25) is 0 Å². The van der Waals surface area contributed by atoms with Gasteiger partial charge in [-0.3, -0.25) is 0 Å². The number of aliphatic hydroxyl groups is 1. The van der Waals surface area contributed by atoms with Crippen molar-refractivity contribution in [1.29, 1.82) is 0 Å². The number of fused-ring (bicyclic) bond motifs is 5. The Bertz CT molecular complexity index is 564. The van der Waals surface area contributed by atoms with Crippen LogP contribution in [0, 0.1) is 34.5 Å². The molecule has 0 amide bonds. The van der Waals surface area contributed by atoms with E-state index in [2.05, 4.69) is 31.0 Å². The number of rotatable bonds is 0. The third kappa shape index (κ3) is 1.75. The van der Waals surface area contributed by atoms with Crippen LogP contribution in [-0.2, 0) is 0 Å². The van der Waals surface area contributed by atoms with E-state index in [1.54, 1.807) is 0 Å². The molecule has 0 aromatic heterocycles. The smallest absolute Gasteiger partial charge is 0.191 e. The normalized spacial score (nSPS) is 59.3. The molecule has 1 heterocycles. The summed E-state index contributed by atoms with van der Waals surface area (Å²) in [6.45, 7) is 7.10. The monoisotopic (exact) mass is 316 g/mol. The van der Waals surface area contributed by atoms with Crippen LogP contribution in [0.1, 0.15) is 78.6 Å². The largest absolute Gasteiger partial charge is 0.390 e. The molecule has 4 saturated carbocycles. The first-order chi connectivity index (χ1) is 10.8. The summed E-state index contributed by atoms with van der Waals surface area (Å²) in [4.78, 5) is 0. The fourth-order valence-electron chi connectivity index (χ4n) is 7.72. The molecule has 3 nitrogen and oxygen atoms in total. The third-order valence-electron chi connectivity index (χ3n) is 9.65. The topological polar surface area (TPSA) is 45.0 Å². The number of hydrogen-bond acceptors (Lipinski definition) is 3. The van der Waals surface area contributed by atoms with E-state index in [0.29, 0.717) is 5.41 Å². The highest BCUT2D eigenvalue weighted by molar-refractivity contribution is 5.14. The van der Waals surface area contributed by atoms with Crippen molar-refractivity contribution in [1.82, 2.24) is 0 Å². The van der Waals surface area contributed by atoms with Crippen LogP contribution in [-0.4, -0.2) is 16.4 Å². The Morgan fingerprint density at radius 3 is 2.30 bits per heavy atom. The van der Waals surface area contributed by atoms with Gasteiger partial charge < -0.3 is 5.11 Å². The van der Waals surface area contributed by atoms with Gasteiger partial charge in [0.05, 0.1) is 5.60 Å². The van der Waals surface area contributed by atoms with Crippen LogP contribution in [0.2, 0.25) is 0 Å². The summed E-state index contributed by atoms with van der Waals surface area (Å²) in [5.41, 5.74) is 0.298. The lowest BCUT2D eigenvalue weighted by Crippen LogP contribution is -2.56. The lowest BCUT2D eigenvalue weighted by molar-refractivity contribution is -0.148. The van der Waals surface area contributed by atoms with Gasteiger partial charge in [-0.25, -0.2) is 0 Å². The Kier molecular flexibility index (Phi) is 2.72. The van der Waals surface area contributed by atoms with Crippen molar-refractivity contribution in [2.75, 3.05) is 0 Å². The van der Waals surface area contributed by atoms with E-state index in [0.717, 1.165) is 30.1 Å². The summed E-state index contributed by atoms with van der Waals surface area (Å²) in [6.07, 6.45) is 11.3. The maximum atomic E-state index is 11.0. The molecule has 1 spiro atoms. The second kappa shape index (κ2) is 4.20. The highest BCUT2D eigenvalue weighted by Gasteiger charge is 2.64. The average Bonchev–Trinajstić information content (AvgIpc) is 3.21. The lowest BCUT2D eigenvalue weighted by Gasteiger charge is -2.61. The van der Waals surface area contributed by atoms with Gasteiger partial charge in [0, 0.05) is 0 Å². The Morgan fingerprint density at radius 1 is 0.826 bits per heavy atom. The van der Waals surface area contributed by atoms with Gasteiger partial charge in [0.15, 0.2) is 5.66 Å². The second-order valence-electron chi connectivity index (χ2n) is 10.3. The average molecular weight is 316 g/mol. The van der Waals surface area contributed by atoms with Crippen LogP contribution in [0.4, 0.5) is 0 Å². The zero-order valence-corrected chi connectivity index (χ0v) is 15.0. The molecule has 0 saturated heterocycles. The van der Waals surface area contributed by atoms with Gasteiger partial charge in [-0.2, -0.15) is 10.2 Å². The molecule has 1 aliphatic heterocycles. The van der Waals surface area contributed by atoms with E-state index in [-0.39, 0.29) is 11.1 Å². The van der Waals surface area contributed by atoms with Crippen molar-refractivity contribution in [2.45, 2.75) is 89.8 Å². The van der Waals surface area contributed by atoms with Crippen molar-refractivity contribution < 1.29 is 5.11 Å². The highest BCUT2D eigenvalue weighted by Crippen LogP contribution is 2.69. The summed E-state index contributed by atoms with van der Waals surface area (Å²) in [5.74, 6) is 3.31.